The van der Waals surface area contributed by atoms with Crippen LogP contribution in [-0.4, -0.2) is 49.8 Å². The highest BCUT2D eigenvalue weighted by molar-refractivity contribution is 5.95. The van der Waals surface area contributed by atoms with Crippen LogP contribution in [0.15, 0.2) is 12.1 Å². The van der Waals surface area contributed by atoms with E-state index in [9.17, 15) is 4.79 Å². The lowest BCUT2D eigenvalue weighted by Crippen LogP contribution is -2.37. The maximum atomic E-state index is 12.1. The minimum Gasteiger partial charge on any atom is -0.378 e. The van der Waals surface area contributed by atoms with Crippen LogP contribution in [0.1, 0.15) is 18.5 Å². The van der Waals surface area contributed by atoms with E-state index in [0.29, 0.717) is 0 Å². The van der Waals surface area contributed by atoms with Crippen LogP contribution in [0.4, 0.5) is 11.5 Å². The number of morpholine rings is 1. The van der Waals surface area contributed by atoms with Gasteiger partial charge in [-0.05, 0) is 38.4 Å². The van der Waals surface area contributed by atoms with Gasteiger partial charge in [0.05, 0.1) is 30.6 Å². The molecule has 0 radical (unpaired) electrons. The molecule has 0 saturated carbocycles. The Morgan fingerprint density at radius 2 is 2.18 bits per heavy atom. The number of halogens is 1. The van der Waals surface area contributed by atoms with Crippen LogP contribution in [0.2, 0.25) is 0 Å². The molecule has 0 spiro atoms. The van der Waals surface area contributed by atoms with Crippen molar-refractivity contribution < 1.29 is 9.53 Å². The monoisotopic (exact) mass is 326 g/mol. The number of carbonyl (C=O) groups excluding carboxylic acids is 1. The molecular formula is C15H23ClN4O2. The Labute approximate surface area is 137 Å². The van der Waals surface area contributed by atoms with E-state index >= 15 is 0 Å². The summed E-state index contributed by atoms with van der Waals surface area (Å²) in [6.07, 6.45) is 1.97. The smallest absolute Gasteiger partial charge is 0.241 e. The number of amides is 1. The van der Waals surface area contributed by atoms with Gasteiger partial charge in [0.25, 0.3) is 0 Å². The van der Waals surface area contributed by atoms with Crippen molar-refractivity contribution in [1.29, 1.82) is 0 Å². The molecule has 3 rings (SSSR count). The quantitative estimate of drug-likeness (QED) is 0.877. The number of rotatable bonds is 3. The zero-order chi connectivity index (χ0) is 14.7. The fraction of sp³-hybridized carbons (Fsp3) is 0.600. The number of anilines is 2. The first-order chi connectivity index (χ1) is 10.2. The minimum absolute atomic E-state index is 0. The minimum atomic E-state index is -0.0664. The van der Waals surface area contributed by atoms with Crippen LogP contribution in [0.5, 0.6) is 0 Å². The Balaban J connectivity index is 0.00000176. The Kier molecular flexibility index (Phi) is 5.99. The fourth-order valence-corrected chi connectivity index (χ4v) is 2.78. The molecule has 2 aliphatic heterocycles. The van der Waals surface area contributed by atoms with Gasteiger partial charge in [-0.25, -0.2) is 4.98 Å². The third-order valence-electron chi connectivity index (χ3n) is 4.04. The molecular weight excluding hydrogens is 304 g/mol. The highest BCUT2D eigenvalue weighted by Crippen LogP contribution is 2.20. The first-order valence-corrected chi connectivity index (χ1v) is 7.58. The van der Waals surface area contributed by atoms with Gasteiger partial charge >= 0.3 is 0 Å². The standard InChI is InChI=1S/C15H22N4O2.ClH/c1-11-12(18-15(20)13-3-2-6-16-13)4-5-14(17-11)19-7-9-21-10-8-19;/h4-5,13,16H,2-3,6-10H2,1H3,(H,18,20);1H. The topological polar surface area (TPSA) is 66.5 Å². The third-order valence-corrected chi connectivity index (χ3v) is 4.04. The Hall–Kier alpha value is -1.37. The lowest BCUT2D eigenvalue weighted by Gasteiger charge is -2.28. The van der Waals surface area contributed by atoms with Crippen LogP contribution in [0.25, 0.3) is 0 Å². The van der Waals surface area contributed by atoms with E-state index in [4.69, 9.17) is 4.74 Å². The average molecular weight is 327 g/mol. The number of hydrogen-bond donors (Lipinski definition) is 2. The van der Waals surface area contributed by atoms with E-state index in [1.54, 1.807) is 0 Å². The van der Waals surface area contributed by atoms with Crippen LogP contribution < -0.4 is 15.5 Å². The van der Waals surface area contributed by atoms with Gasteiger partial charge in [-0.2, -0.15) is 0 Å². The van der Waals surface area contributed by atoms with Gasteiger partial charge in [-0.1, -0.05) is 0 Å². The number of ether oxygens (including phenoxy) is 1. The number of aromatic nitrogens is 1. The molecule has 7 heteroatoms. The van der Waals surface area contributed by atoms with Gasteiger partial charge in [0, 0.05) is 13.1 Å². The third kappa shape index (κ3) is 3.88. The molecule has 1 aromatic rings. The summed E-state index contributed by atoms with van der Waals surface area (Å²) >= 11 is 0. The predicted octanol–water partition coefficient (Wildman–Crippen LogP) is 1.34. The molecule has 0 aliphatic carbocycles. The normalized spacial score (nSPS) is 21.3. The summed E-state index contributed by atoms with van der Waals surface area (Å²) in [7, 11) is 0. The summed E-state index contributed by atoms with van der Waals surface area (Å²) in [5, 5.41) is 6.18. The van der Waals surface area contributed by atoms with Crippen molar-refractivity contribution in [2.75, 3.05) is 43.1 Å². The molecule has 1 unspecified atom stereocenters. The molecule has 0 bridgehead atoms. The summed E-state index contributed by atoms with van der Waals surface area (Å²) in [5.41, 5.74) is 1.65. The lowest BCUT2D eigenvalue weighted by atomic mass is 10.2. The van der Waals surface area contributed by atoms with Crippen molar-refractivity contribution in [2.45, 2.75) is 25.8 Å². The van der Waals surface area contributed by atoms with Crippen molar-refractivity contribution in [2.24, 2.45) is 0 Å². The zero-order valence-electron chi connectivity index (χ0n) is 12.8. The molecule has 3 heterocycles. The zero-order valence-corrected chi connectivity index (χ0v) is 13.6. The van der Waals surface area contributed by atoms with Gasteiger partial charge < -0.3 is 20.3 Å². The number of pyridine rings is 1. The second-order valence-electron chi connectivity index (χ2n) is 5.54. The molecule has 122 valence electrons. The number of nitrogens with zero attached hydrogens (tertiary/aromatic N) is 2. The molecule has 2 aliphatic rings. The van der Waals surface area contributed by atoms with Crippen LogP contribution in [0.3, 0.4) is 0 Å². The van der Waals surface area contributed by atoms with Crippen molar-refractivity contribution in [3.63, 3.8) is 0 Å². The van der Waals surface area contributed by atoms with Crippen molar-refractivity contribution in [1.82, 2.24) is 10.3 Å². The number of aryl methyl sites for hydroxylation is 1. The van der Waals surface area contributed by atoms with Gasteiger partial charge in [0.1, 0.15) is 5.82 Å². The van der Waals surface area contributed by atoms with Crippen LogP contribution >= 0.6 is 12.4 Å². The van der Waals surface area contributed by atoms with Crippen molar-refractivity contribution in [3.05, 3.63) is 17.8 Å². The van der Waals surface area contributed by atoms with Crippen molar-refractivity contribution in [3.8, 4) is 0 Å². The molecule has 1 amide bonds. The number of hydrogen-bond acceptors (Lipinski definition) is 5. The summed E-state index contributed by atoms with van der Waals surface area (Å²) in [6.45, 7) is 6.07. The Morgan fingerprint density at radius 3 is 2.82 bits per heavy atom. The van der Waals surface area contributed by atoms with Gasteiger partial charge in [-0.3, -0.25) is 4.79 Å². The molecule has 1 aromatic heterocycles. The van der Waals surface area contributed by atoms with Gasteiger partial charge in [0.15, 0.2) is 0 Å². The number of carbonyl (C=O) groups is 1. The highest BCUT2D eigenvalue weighted by Gasteiger charge is 2.22. The Bertz CT molecular complexity index is 514. The molecule has 2 fully saturated rings. The molecule has 2 N–H and O–H groups in total. The largest absolute Gasteiger partial charge is 0.378 e. The molecule has 6 nitrogen and oxygen atoms in total. The van der Waals surface area contributed by atoms with E-state index < -0.39 is 0 Å². The van der Waals surface area contributed by atoms with E-state index in [1.807, 2.05) is 19.1 Å². The van der Waals surface area contributed by atoms with E-state index in [2.05, 4.69) is 20.5 Å². The van der Waals surface area contributed by atoms with E-state index in [-0.39, 0.29) is 24.4 Å². The number of nitrogens with one attached hydrogen (secondary N) is 2. The first kappa shape index (κ1) is 17.0. The molecule has 1 atom stereocenters. The molecule has 0 aromatic carbocycles. The average Bonchev–Trinajstić information content (AvgIpc) is 3.04. The summed E-state index contributed by atoms with van der Waals surface area (Å²) in [5.74, 6) is 0.990. The second kappa shape index (κ2) is 7.76. The second-order valence-corrected chi connectivity index (χ2v) is 5.54. The first-order valence-electron chi connectivity index (χ1n) is 7.58. The highest BCUT2D eigenvalue weighted by atomic mass is 35.5. The maximum absolute atomic E-state index is 12.1. The van der Waals surface area contributed by atoms with Gasteiger partial charge in [-0.15, -0.1) is 12.4 Å². The fourth-order valence-electron chi connectivity index (χ4n) is 2.78. The lowest BCUT2D eigenvalue weighted by molar-refractivity contribution is -0.117. The van der Waals surface area contributed by atoms with E-state index in [1.165, 1.54) is 0 Å². The molecule has 22 heavy (non-hydrogen) atoms. The summed E-state index contributed by atoms with van der Waals surface area (Å²) in [4.78, 5) is 18.9. The SMILES string of the molecule is Cc1nc(N2CCOCC2)ccc1NC(=O)C1CCCN1.Cl. The van der Waals surface area contributed by atoms with Crippen LogP contribution in [-0.2, 0) is 9.53 Å². The van der Waals surface area contributed by atoms with E-state index in [0.717, 1.165) is 62.9 Å². The van der Waals surface area contributed by atoms with Crippen molar-refractivity contribution >= 4 is 29.8 Å². The molecule has 2 saturated heterocycles. The summed E-state index contributed by atoms with van der Waals surface area (Å²) < 4.78 is 5.35. The maximum Gasteiger partial charge on any atom is 0.241 e. The van der Waals surface area contributed by atoms with Crippen LogP contribution in [0, 0.1) is 6.92 Å². The van der Waals surface area contributed by atoms with Gasteiger partial charge in [0.2, 0.25) is 5.91 Å². The predicted molar refractivity (Wildman–Crippen MR) is 88.9 cm³/mol. The Morgan fingerprint density at radius 1 is 1.41 bits per heavy atom. The summed E-state index contributed by atoms with van der Waals surface area (Å²) in [6, 6.07) is 3.85.